The normalized spacial score (nSPS) is 12.4. The lowest BCUT2D eigenvalue weighted by Gasteiger charge is -2.18. The Morgan fingerprint density at radius 2 is 0.468 bits per heavy atom. The second kappa shape index (κ2) is 65.6. The molecule has 0 aromatic heterocycles. The maximum absolute atomic E-state index is 12.9. The van der Waals surface area contributed by atoms with Crippen molar-refractivity contribution in [1.29, 1.82) is 0 Å². The first-order valence-electron chi connectivity index (χ1n) is 33.8. The molecular weight excluding hydrogens is 949 g/mol. The van der Waals surface area contributed by atoms with E-state index in [-0.39, 0.29) is 31.1 Å². The maximum Gasteiger partial charge on any atom is 0.306 e. The summed E-state index contributed by atoms with van der Waals surface area (Å²) < 4.78 is 16.9. The Bertz CT molecular complexity index is 1380. The van der Waals surface area contributed by atoms with E-state index in [9.17, 15) is 14.4 Å². The van der Waals surface area contributed by atoms with Crippen molar-refractivity contribution in [3.8, 4) is 0 Å². The van der Waals surface area contributed by atoms with Gasteiger partial charge in [-0.1, -0.05) is 287 Å². The summed E-state index contributed by atoms with van der Waals surface area (Å²) in [5.74, 6) is -0.876. The molecular formula is C71H128O6. The molecule has 448 valence electrons. The van der Waals surface area contributed by atoms with Crippen LogP contribution in [0, 0.1) is 0 Å². The van der Waals surface area contributed by atoms with E-state index in [0.29, 0.717) is 19.3 Å². The third-order valence-corrected chi connectivity index (χ3v) is 15.0. The Kier molecular flexibility index (Phi) is 63.2. The van der Waals surface area contributed by atoms with E-state index in [2.05, 4.69) is 81.5 Å². The first-order chi connectivity index (χ1) is 38.0. The van der Waals surface area contributed by atoms with Gasteiger partial charge in [0.25, 0.3) is 0 Å². The summed E-state index contributed by atoms with van der Waals surface area (Å²) >= 11 is 0. The number of carbonyl (C=O) groups excluding carboxylic acids is 3. The molecule has 0 rings (SSSR count). The fourth-order valence-electron chi connectivity index (χ4n) is 9.85. The predicted octanol–water partition coefficient (Wildman–Crippen LogP) is 23.1. The summed E-state index contributed by atoms with van der Waals surface area (Å²) in [5, 5.41) is 0. The summed E-state index contributed by atoms with van der Waals surface area (Å²) in [6, 6.07) is 0. The van der Waals surface area contributed by atoms with E-state index in [0.717, 1.165) is 83.5 Å². The van der Waals surface area contributed by atoms with Crippen LogP contribution < -0.4 is 0 Å². The molecule has 0 aliphatic rings. The Labute approximate surface area is 479 Å². The van der Waals surface area contributed by atoms with Crippen LogP contribution in [0.5, 0.6) is 0 Å². The van der Waals surface area contributed by atoms with Crippen LogP contribution in [-0.4, -0.2) is 37.2 Å². The molecule has 0 fully saturated rings. The molecule has 0 aromatic rings. The van der Waals surface area contributed by atoms with Crippen molar-refractivity contribution in [2.24, 2.45) is 0 Å². The molecule has 0 aromatic carbocycles. The summed E-state index contributed by atoms with van der Waals surface area (Å²) in [7, 11) is 0. The highest BCUT2D eigenvalue weighted by Crippen LogP contribution is 2.17. The van der Waals surface area contributed by atoms with E-state index >= 15 is 0 Å². The van der Waals surface area contributed by atoms with E-state index in [1.54, 1.807) is 0 Å². The van der Waals surface area contributed by atoms with Gasteiger partial charge in [-0.25, -0.2) is 0 Å². The van der Waals surface area contributed by atoms with Crippen molar-refractivity contribution in [3.63, 3.8) is 0 Å². The molecule has 1 atom stereocenters. The molecule has 0 aliphatic heterocycles. The predicted molar refractivity (Wildman–Crippen MR) is 335 cm³/mol. The highest BCUT2D eigenvalue weighted by molar-refractivity contribution is 5.71. The van der Waals surface area contributed by atoms with Gasteiger partial charge in [-0.15, -0.1) is 0 Å². The standard InChI is InChI=1S/C71H128O6/c1-4-7-10-13-16-19-22-25-27-29-30-31-32-33-34-35-36-37-38-39-40-42-43-46-49-52-55-58-61-64-70(73)76-67-68(66-75-69(72)63-60-57-54-51-48-45-24-21-18-15-12-9-6-3)77-71(74)65-62-59-56-53-50-47-44-41-28-26-23-20-17-14-11-8-5-2/h17,20-22,24-26,28-30,68H,4-16,18-19,23,27,31-67H2,1-3H3/b20-17-,24-21-,25-22-,28-26-,30-29-. The number of hydrogen-bond donors (Lipinski definition) is 0. The SMILES string of the molecule is CCCCC/C=C\C/C=C\CCCCCCCCCC(=O)OC(COC(=O)CCCCCCC/C=C\CCCCCC)COC(=O)CCCCCCCCCCCCCCCCCCC/C=C\C/C=C\CCCCCCC. The van der Waals surface area contributed by atoms with Gasteiger partial charge in [0.05, 0.1) is 0 Å². The van der Waals surface area contributed by atoms with E-state index in [1.165, 1.54) is 231 Å². The number of esters is 3. The number of allylic oxidation sites excluding steroid dienone is 10. The number of carbonyl (C=O) groups is 3. The van der Waals surface area contributed by atoms with Gasteiger partial charge >= 0.3 is 17.9 Å². The van der Waals surface area contributed by atoms with Crippen molar-refractivity contribution < 1.29 is 28.6 Å². The fourth-order valence-corrected chi connectivity index (χ4v) is 9.85. The van der Waals surface area contributed by atoms with Gasteiger partial charge in [-0.05, 0) is 109 Å². The number of hydrogen-bond acceptors (Lipinski definition) is 6. The van der Waals surface area contributed by atoms with E-state index in [4.69, 9.17) is 14.2 Å². The molecule has 1 unspecified atom stereocenters. The molecule has 0 radical (unpaired) electrons. The number of rotatable bonds is 62. The van der Waals surface area contributed by atoms with Crippen molar-refractivity contribution in [1.82, 2.24) is 0 Å². The fraction of sp³-hybridized carbons (Fsp3) is 0.817. The van der Waals surface area contributed by atoms with Crippen molar-refractivity contribution in [3.05, 3.63) is 60.8 Å². The molecule has 0 saturated carbocycles. The molecule has 0 heterocycles. The topological polar surface area (TPSA) is 78.9 Å². The van der Waals surface area contributed by atoms with Crippen LogP contribution in [-0.2, 0) is 28.6 Å². The minimum absolute atomic E-state index is 0.0771. The minimum atomic E-state index is -0.781. The smallest absolute Gasteiger partial charge is 0.306 e. The van der Waals surface area contributed by atoms with Crippen LogP contribution in [0.4, 0.5) is 0 Å². The van der Waals surface area contributed by atoms with Crippen LogP contribution in [0.3, 0.4) is 0 Å². The Morgan fingerprint density at radius 1 is 0.260 bits per heavy atom. The van der Waals surface area contributed by atoms with Gasteiger partial charge in [-0.2, -0.15) is 0 Å². The molecule has 77 heavy (non-hydrogen) atoms. The van der Waals surface area contributed by atoms with Gasteiger partial charge in [0.1, 0.15) is 13.2 Å². The molecule has 0 bridgehead atoms. The monoisotopic (exact) mass is 1080 g/mol. The zero-order valence-corrected chi connectivity index (χ0v) is 51.5. The third kappa shape index (κ3) is 63.8. The second-order valence-corrected chi connectivity index (χ2v) is 22.7. The van der Waals surface area contributed by atoms with Gasteiger partial charge < -0.3 is 14.2 Å². The summed E-state index contributed by atoms with van der Waals surface area (Å²) in [4.78, 5) is 38.3. The zero-order chi connectivity index (χ0) is 55.7. The van der Waals surface area contributed by atoms with Crippen molar-refractivity contribution >= 4 is 17.9 Å². The lowest BCUT2D eigenvalue weighted by Crippen LogP contribution is -2.30. The molecule has 0 saturated heterocycles. The largest absolute Gasteiger partial charge is 0.462 e. The van der Waals surface area contributed by atoms with Crippen molar-refractivity contribution in [2.75, 3.05) is 13.2 Å². The van der Waals surface area contributed by atoms with Crippen LogP contribution in [0.2, 0.25) is 0 Å². The van der Waals surface area contributed by atoms with Crippen LogP contribution in [0.25, 0.3) is 0 Å². The Morgan fingerprint density at radius 3 is 0.766 bits per heavy atom. The molecule has 0 N–H and O–H groups in total. The number of ether oxygens (including phenoxy) is 3. The average molecular weight is 1080 g/mol. The number of unbranched alkanes of at least 4 members (excludes halogenated alkanes) is 41. The molecule has 0 spiro atoms. The van der Waals surface area contributed by atoms with Gasteiger partial charge in [0, 0.05) is 19.3 Å². The Hall–Kier alpha value is -2.89. The molecule has 6 nitrogen and oxygen atoms in total. The van der Waals surface area contributed by atoms with Crippen LogP contribution >= 0.6 is 0 Å². The minimum Gasteiger partial charge on any atom is -0.462 e. The lowest BCUT2D eigenvalue weighted by atomic mass is 10.0. The molecule has 6 heteroatoms. The van der Waals surface area contributed by atoms with Crippen LogP contribution in [0.15, 0.2) is 60.8 Å². The van der Waals surface area contributed by atoms with E-state index in [1.807, 2.05) is 0 Å². The lowest BCUT2D eigenvalue weighted by molar-refractivity contribution is -0.167. The summed E-state index contributed by atoms with van der Waals surface area (Å²) in [6.45, 7) is 6.62. The van der Waals surface area contributed by atoms with Crippen LogP contribution in [0.1, 0.15) is 355 Å². The van der Waals surface area contributed by atoms with Gasteiger partial charge in [0.15, 0.2) is 6.10 Å². The highest BCUT2D eigenvalue weighted by atomic mass is 16.6. The second-order valence-electron chi connectivity index (χ2n) is 22.7. The third-order valence-electron chi connectivity index (χ3n) is 15.0. The Balaban J connectivity index is 4.21. The summed E-state index contributed by atoms with van der Waals surface area (Å²) in [5.41, 5.74) is 0. The summed E-state index contributed by atoms with van der Waals surface area (Å²) in [6.07, 6.45) is 83.8. The first kappa shape index (κ1) is 74.1. The first-order valence-corrected chi connectivity index (χ1v) is 33.8. The van der Waals surface area contributed by atoms with Crippen molar-refractivity contribution in [2.45, 2.75) is 361 Å². The molecule has 0 aliphatic carbocycles. The van der Waals surface area contributed by atoms with Gasteiger partial charge in [-0.3, -0.25) is 14.4 Å². The zero-order valence-electron chi connectivity index (χ0n) is 51.5. The molecule has 0 amide bonds. The van der Waals surface area contributed by atoms with Gasteiger partial charge in [0.2, 0.25) is 0 Å². The maximum atomic E-state index is 12.9. The highest BCUT2D eigenvalue weighted by Gasteiger charge is 2.19. The quantitative estimate of drug-likeness (QED) is 0.0261. The van der Waals surface area contributed by atoms with E-state index < -0.39 is 6.10 Å². The average Bonchev–Trinajstić information content (AvgIpc) is 3.43.